The van der Waals surface area contributed by atoms with Crippen LogP contribution in [0.2, 0.25) is 0 Å². The van der Waals surface area contributed by atoms with Crippen molar-refractivity contribution in [3.63, 3.8) is 0 Å². The average Bonchev–Trinajstić information content (AvgIpc) is 2.36. The Morgan fingerprint density at radius 2 is 1.81 bits per heavy atom. The normalized spacial score (nSPS) is 12.9. The molecule has 0 bridgehead atoms. The van der Waals surface area contributed by atoms with E-state index in [9.17, 15) is 22.8 Å². The molecule has 0 saturated carbocycles. The lowest BCUT2D eigenvalue weighted by Crippen LogP contribution is -2.39. The summed E-state index contributed by atoms with van der Waals surface area (Å²) in [6.07, 6.45) is -3.29. The van der Waals surface area contributed by atoms with Crippen LogP contribution in [0.4, 0.5) is 23.7 Å². The van der Waals surface area contributed by atoms with Crippen LogP contribution in [0.15, 0.2) is 24.3 Å². The van der Waals surface area contributed by atoms with Gasteiger partial charge in [0, 0.05) is 5.69 Å². The summed E-state index contributed by atoms with van der Waals surface area (Å²) in [5.74, 6) is 0.228. The average molecular weight is 302 g/mol. The first-order valence-electron chi connectivity index (χ1n) is 6.42. The third-order valence-electron chi connectivity index (χ3n) is 2.68. The number of carbonyl (C=O) groups is 2. The quantitative estimate of drug-likeness (QED) is 0.819. The molecular weight excluding hydrogens is 285 g/mol. The molecule has 0 heterocycles. The highest BCUT2D eigenvalue weighted by molar-refractivity contribution is 5.90. The van der Waals surface area contributed by atoms with E-state index in [1.807, 2.05) is 13.8 Å². The summed E-state index contributed by atoms with van der Waals surface area (Å²) in [5.41, 5.74) is -0.575. The number of aldehydes is 1. The molecule has 1 aromatic rings. The Bertz CT molecular complexity index is 484. The Labute approximate surface area is 120 Å². The fourth-order valence-electron chi connectivity index (χ4n) is 1.73. The molecule has 0 radical (unpaired) electrons. The smallest absolute Gasteiger partial charge is 0.328 e. The van der Waals surface area contributed by atoms with E-state index in [1.54, 1.807) is 0 Å². The first-order chi connectivity index (χ1) is 9.72. The van der Waals surface area contributed by atoms with E-state index in [2.05, 4.69) is 10.6 Å². The van der Waals surface area contributed by atoms with Gasteiger partial charge in [-0.1, -0.05) is 13.8 Å². The molecule has 0 fully saturated rings. The fraction of sp³-hybridized carbons (Fsp3) is 0.429. The molecule has 4 nitrogen and oxygen atoms in total. The van der Waals surface area contributed by atoms with Crippen molar-refractivity contribution in [2.75, 3.05) is 5.32 Å². The van der Waals surface area contributed by atoms with Crippen LogP contribution in [0.5, 0.6) is 0 Å². The van der Waals surface area contributed by atoms with E-state index in [0.717, 1.165) is 24.3 Å². The van der Waals surface area contributed by atoms with Crippen molar-refractivity contribution in [2.45, 2.75) is 32.5 Å². The number of halogens is 3. The third kappa shape index (κ3) is 5.85. The second kappa shape index (κ2) is 7.10. The summed E-state index contributed by atoms with van der Waals surface area (Å²) in [6, 6.07) is 2.80. The summed E-state index contributed by atoms with van der Waals surface area (Å²) in [5, 5.41) is 4.83. The first kappa shape index (κ1) is 17.0. The van der Waals surface area contributed by atoms with Crippen LogP contribution in [0, 0.1) is 5.92 Å². The lowest BCUT2D eigenvalue weighted by Gasteiger charge is -2.15. The molecule has 0 saturated heterocycles. The lowest BCUT2D eigenvalue weighted by atomic mass is 10.1. The van der Waals surface area contributed by atoms with E-state index in [0.29, 0.717) is 12.7 Å². The summed E-state index contributed by atoms with van der Waals surface area (Å²) < 4.78 is 37.1. The van der Waals surface area contributed by atoms with Crippen molar-refractivity contribution in [3.05, 3.63) is 29.8 Å². The molecule has 0 aliphatic heterocycles. The second-order valence-corrected chi connectivity index (χ2v) is 5.05. The maximum absolute atomic E-state index is 12.4. The van der Waals surface area contributed by atoms with Gasteiger partial charge in [-0.05, 0) is 36.6 Å². The highest BCUT2D eigenvalue weighted by atomic mass is 19.4. The molecule has 0 aliphatic carbocycles. The molecule has 1 aromatic carbocycles. The van der Waals surface area contributed by atoms with Crippen LogP contribution >= 0.6 is 0 Å². The zero-order chi connectivity index (χ0) is 16.0. The van der Waals surface area contributed by atoms with Crippen LogP contribution in [-0.4, -0.2) is 18.4 Å². The van der Waals surface area contributed by atoms with Crippen LogP contribution in [0.3, 0.4) is 0 Å². The molecule has 2 N–H and O–H groups in total. The Kier molecular flexibility index (Phi) is 5.75. The zero-order valence-corrected chi connectivity index (χ0v) is 11.7. The van der Waals surface area contributed by atoms with Gasteiger partial charge < -0.3 is 15.4 Å². The molecule has 21 heavy (non-hydrogen) atoms. The van der Waals surface area contributed by atoms with Crippen LogP contribution in [0.1, 0.15) is 25.8 Å². The predicted octanol–water partition coefficient (Wildman–Crippen LogP) is 3.44. The number of benzene rings is 1. The Morgan fingerprint density at radius 1 is 1.24 bits per heavy atom. The van der Waals surface area contributed by atoms with Gasteiger partial charge in [-0.2, -0.15) is 13.2 Å². The van der Waals surface area contributed by atoms with Crippen molar-refractivity contribution in [2.24, 2.45) is 5.92 Å². The lowest BCUT2D eigenvalue weighted by molar-refractivity contribution is -0.137. The predicted molar refractivity (Wildman–Crippen MR) is 72.9 cm³/mol. The molecule has 1 rings (SSSR count). The monoisotopic (exact) mass is 302 g/mol. The Morgan fingerprint density at radius 3 is 2.24 bits per heavy atom. The molecule has 0 aromatic heterocycles. The summed E-state index contributed by atoms with van der Waals surface area (Å²) in [6.45, 7) is 3.82. The van der Waals surface area contributed by atoms with Crippen LogP contribution < -0.4 is 10.6 Å². The molecule has 7 heteroatoms. The van der Waals surface area contributed by atoms with Gasteiger partial charge in [0.25, 0.3) is 0 Å². The number of urea groups is 1. The zero-order valence-electron chi connectivity index (χ0n) is 11.7. The molecule has 2 amide bonds. The number of alkyl halides is 3. The number of hydrogen-bond acceptors (Lipinski definition) is 2. The van der Waals surface area contributed by atoms with E-state index in [4.69, 9.17) is 0 Å². The van der Waals surface area contributed by atoms with Crippen LogP contribution in [0.25, 0.3) is 0 Å². The van der Waals surface area contributed by atoms with Gasteiger partial charge >= 0.3 is 12.2 Å². The van der Waals surface area contributed by atoms with Crippen LogP contribution in [-0.2, 0) is 11.0 Å². The third-order valence-corrected chi connectivity index (χ3v) is 2.68. The van der Waals surface area contributed by atoms with Gasteiger partial charge in [0.1, 0.15) is 6.29 Å². The minimum absolute atomic E-state index is 0.217. The molecular formula is C14H17F3N2O2. The Balaban J connectivity index is 2.60. The van der Waals surface area contributed by atoms with E-state index < -0.39 is 23.8 Å². The molecule has 0 spiro atoms. The minimum Gasteiger partial charge on any atom is -0.328 e. The van der Waals surface area contributed by atoms with E-state index >= 15 is 0 Å². The number of rotatable bonds is 5. The Hall–Kier alpha value is -2.05. The number of anilines is 1. The number of carbonyl (C=O) groups excluding carboxylic acids is 2. The van der Waals surface area contributed by atoms with E-state index in [1.165, 1.54) is 0 Å². The largest absolute Gasteiger partial charge is 0.416 e. The molecule has 1 atom stereocenters. The standard InChI is InChI=1S/C14H17F3N2O2/c1-9(2)7-12(8-20)19-13(21)18-11-5-3-10(4-6-11)14(15,16)17/h3-6,8-9,12H,7H2,1-2H3,(H2,18,19,21)/t12-/m0/s1. The molecule has 0 aliphatic rings. The van der Waals surface area contributed by atoms with Gasteiger partial charge in [-0.25, -0.2) is 4.79 Å². The van der Waals surface area contributed by atoms with E-state index in [-0.39, 0.29) is 11.6 Å². The van der Waals surface area contributed by atoms with Gasteiger partial charge in [0.05, 0.1) is 11.6 Å². The number of amides is 2. The topological polar surface area (TPSA) is 58.2 Å². The number of nitrogens with one attached hydrogen (secondary N) is 2. The fourth-order valence-corrected chi connectivity index (χ4v) is 1.73. The summed E-state index contributed by atoms with van der Waals surface area (Å²) in [4.78, 5) is 22.5. The van der Waals surface area contributed by atoms with Gasteiger partial charge in [-0.3, -0.25) is 0 Å². The van der Waals surface area contributed by atoms with Gasteiger partial charge in [0.15, 0.2) is 0 Å². The summed E-state index contributed by atoms with van der Waals surface area (Å²) >= 11 is 0. The first-order valence-corrected chi connectivity index (χ1v) is 6.42. The molecule has 116 valence electrons. The number of hydrogen-bond donors (Lipinski definition) is 2. The highest BCUT2D eigenvalue weighted by Crippen LogP contribution is 2.29. The maximum atomic E-state index is 12.4. The maximum Gasteiger partial charge on any atom is 0.416 e. The highest BCUT2D eigenvalue weighted by Gasteiger charge is 2.30. The SMILES string of the molecule is CC(C)C[C@@H](C=O)NC(=O)Nc1ccc(C(F)(F)F)cc1. The van der Waals surface area contributed by atoms with Crippen molar-refractivity contribution < 1.29 is 22.8 Å². The van der Waals surface area contributed by atoms with Gasteiger partial charge in [-0.15, -0.1) is 0 Å². The second-order valence-electron chi connectivity index (χ2n) is 5.05. The molecule has 0 unspecified atom stereocenters. The van der Waals surface area contributed by atoms with Gasteiger partial charge in [0.2, 0.25) is 0 Å². The van der Waals surface area contributed by atoms with Crippen molar-refractivity contribution >= 4 is 18.0 Å². The van der Waals surface area contributed by atoms with Crippen molar-refractivity contribution in [1.82, 2.24) is 5.32 Å². The van der Waals surface area contributed by atoms with Crippen molar-refractivity contribution in [1.29, 1.82) is 0 Å². The summed E-state index contributed by atoms with van der Waals surface area (Å²) in [7, 11) is 0. The minimum atomic E-state index is -4.42. The van der Waals surface area contributed by atoms with Crippen molar-refractivity contribution in [3.8, 4) is 0 Å².